The molecule has 1 aromatic carbocycles. The maximum Gasteiger partial charge on any atom is 0.275 e. The molecular formula is C13H13ClN2O2S. The SMILES string of the molecule is Cc1sc(C(=O)NN)cc1COc1ccccc1Cl. The van der Waals surface area contributed by atoms with Crippen LogP contribution in [0.2, 0.25) is 5.02 Å². The van der Waals surface area contributed by atoms with Crippen LogP contribution in [0.1, 0.15) is 20.1 Å². The zero-order chi connectivity index (χ0) is 13.8. The van der Waals surface area contributed by atoms with Gasteiger partial charge in [0.25, 0.3) is 5.91 Å². The Morgan fingerprint density at radius 3 is 2.89 bits per heavy atom. The number of ether oxygens (including phenoxy) is 1. The summed E-state index contributed by atoms with van der Waals surface area (Å²) in [6, 6.07) is 9.05. The van der Waals surface area contributed by atoms with Crippen molar-refractivity contribution in [2.24, 2.45) is 5.84 Å². The molecule has 0 unspecified atom stereocenters. The van der Waals surface area contributed by atoms with Gasteiger partial charge in [-0.3, -0.25) is 10.2 Å². The molecule has 0 spiro atoms. The fourth-order valence-corrected chi connectivity index (χ4v) is 2.69. The minimum Gasteiger partial charge on any atom is -0.487 e. The molecule has 1 aromatic heterocycles. The number of benzene rings is 1. The maximum absolute atomic E-state index is 11.4. The molecule has 2 rings (SSSR count). The third kappa shape index (κ3) is 3.26. The number of thiophene rings is 1. The summed E-state index contributed by atoms with van der Waals surface area (Å²) in [6.45, 7) is 2.30. The van der Waals surface area contributed by atoms with E-state index in [2.05, 4.69) is 5.43 Å². The van der Waals surface area contributed by atoms with Crippen molar-refractivity contribution < 1.29 is 9.53 Å². The Kier molecular flexibility index (Phi) is 4.42. The second-order valence-corrected chi connectivity index (χ2v) is 5.55. The van der Waals surface area contributed by atoms with Crippen LogP contribution in [0.5, 0.6) is 5.75 Å². The van der Waals surface area contributed by atoms with Gasteiger partial charge in [-0.1, -0.05) is 23.7 Å². The van der Waals surface area contributed by atoms with E-state index in [1.54, 1.807) is 18.2 Å². The lowest BCUT2D eigenvalue weighted by Crippen LogP contribution is -2.29. The number of amides is 1. The van der Waals surface area contributed by atoms with Crippen molar-refractivity contribution in [1.82, 2.24) is 5.43 Å². The summed E-state index contributed by atoms with van der Waals surface area (Å²) in [4.78, 5) is 13.0. The van der Waals surface area contributed by atoms with E-state index in [4.69, 9.17) is 22.2 Å². The number of para-hydroxylation sites is 1. The molecule has 1 heterocycles. The quantitative estimate of drug-likeness (QED) is 0.518. The lowest BCUT2D eigenvalue weighted by Gasteiger charge is -2.07. The Morgan fingerprint density at radius 2 is 2.21 bits per heavy atom. The second-order valence-electron chi connectivity index (χ2n) is 3.88. The predicted molar refractivity (Wildman–Crippen MR) is 76.5 cm³/mol. The molecule has 0 atom stereocenters. The zero-order valence-electron chi connectivity index (χ0n) is 10.3. The number of nitrogens with one attached hydrogen (secondary N) is 1. The number of carbonyl (C=O) groups is 1. The molecular weight excluding hydrogens is 284 g/mol. The summed E-state index contributed by atoms with van der Waals surface area (Å²) in [7, 11) is 0. The summed E-state index contributed by atoms with van der Waals surface area (Å²) in [5.74, 6) is 5.44. The van der Waals surface area contributed by atoms with Crippen molar-refractivity contribution in [3.8, 4) is 5.75 Å². The van der Waals surface area contributed by atoms with Gasteiger partial charge in [0.15, 0.2) is 0 Å². The number of rotatable bonds is 4. The normalized spacial score (nSPS) is 10.3. The van der Waals surface area contributed by atoms with E-state index in [0.717, 1.165) is 10.4 Å². The van der Waals surface area contributed by atoms with Crippen LogP contribution in [0, 0.1) is 6.92 Å². The molecule has 0 aliphatic carbocycles. The highest BCUT2D eigenvalue weighted by atomic mass is 35.5. The number of hydrogen-bond acceptors (Lipinski definition) is 4. The summed E-state index contributed by atoms with van der Waals surface area (Å²) in [6.07, 6.45) is 0. The first-order valence-corrected chi connectivity index (χ1v) is 6.79. The van der Waals surface area contributed by atoms with Gasteiger partial charge in [-0.05, 0) is 25.1 Å². The average Bonchev–Trinajstić information content (AvgIpc) is 2.78. The molecule has 0 aliphatic rings. The lowest BCUT2D eigenvalue weighted by atomic mass is 10.2. The Bertz CT molecular complexity index is 598. The van der Waals surface area contributed by atoms with Gasteiger partial charge in [-0.15, -0.1) is 11.3 Å². The first-order valence-electron chi connectivity index (χ1n) is 5.59. The molecule has 0 bridgehead atoms. The highest BCUT2D eigenvalue weighted by Gasteiger charge is 2.12. The van der Waals surface area contributed by atoms with Crippen molar-refractivity contribution in [3.05, 3.63) is 50.7 Å². The van der Waals surface area contributed by atoms with Crippen LogP contribution < -0.4 is 16.0 Å². The highest BCUT2D eigenvalue weighted by molar-refractivity contribution is 7.14. The van der Waals surface area contributed by atoms with E-state index < -0.39 is 0 Å². The minimum absolute atomic E-state index is 0.294. The Labute approximate surface area is 120 Å². The molecule has 0 aliphatic heterocycles. The Hall–Kier alpha value is -1.56. The van der Waals surface area contributed by atoms with Gasteiger partial charge < -0.3 is 4.74 Å². The smallest absolute Gasteiger partial charge is 0.275 e. The van der Waals surface area contributed by atoms with Crippen LogP contribution in [-0.2, 0) is 6.61 Å². The Morgan fingerprint density at radius 1 is 1.47 bits per heavy atom. The van der Waals surface area contributed by atoms with Crippen LogP contribution in [0.15, 0.2) is 30.3 Å². The molecule has 3 N–H and O–H groups in total. The molecule has 0 saturated heterocycles. The number of nitrogen functional groups attached to an aromatic ring is 1. The van der Waals surface area contributed by atoms with Gasteiger partial charge in [0.1, 0.15) is 12.4 Å². The highest BCUT2D eigenvalue weighted by Crippen LogP contribution is 2.26. The van der Waals surface area contributed by atoms with Gasteiger partial charge in [0.2, 0.25) is 0 Å². The monoisotopic (exact) mass is 296 g/mol. The van der Waals surface area contributed by atoms with Crippen molar-refractivity contribution in [2.75, 3.05) is 0 Å². The van der Waals surface area contributed by atoms with E-state index in [9.17, 15) is 4.79 Å². The van der Waals surface area contributed by atoms with Crippen LogP contribution in [0.25, 0.3) is 0 Å². The summed E-state index contributed by atoms with van der Waals surface area (Å²) in [5, 5.41) is 0.565. The predicted octanol–water partition coefficient (Wildman–Crippen LogP) is 2.89. The van der Waals surface area contributed by atoms with Gasteiger partial charge in [0, 0.05) is 10.4 Å². The van der Waals surface area contributed by atoms with Gasteiger partial charge in [-0.25, -0.2) is 5.84 Å². The minimum atomic E-state index is -0.294. The first kappa shape index (κ1) is 13.9. The molecule has 0 radical (unpaired) electrons. The third-order valence-corrected chi connectivity index (χ3v) is 4.00. The topological polar surface area (TPSA) is 64.4 Å². The van der Waals surface area contributed by atoms with Crippen molar-refractivity contribution in [1.29, 1.82) is 0 Å². The standard InChI is InChI=1S/C13H13ClN2O2S/c1-8-9(6-12(19-8)13(17)16-15)7-18-11-5-3-2-4-10(11)14/h2-6H,7,15H2,1H3,(H,16,17). The van der Waals surface area contributed by atoms with Crippen LogP contribution in [-0.4, -0.2) is 5.91 Å². The van der Waals surface area contributed by atoms with E-state index in [1.807, 2.05) is 19.1 Å². The average molecular weight is 297 g/mol. The van der Waals surface area contributed by atoms with Crippen LogP contribution >= 0.6 is 22.9 Å². The first-order chi connectivity index (χ1) is 9.11. The van der Waals surface area contributed by atoms with Gasteiger partial charge in [-0.2, -0.15) is 0 Å². The fourth-order valence-electron chi connectivity index (χ4n) is 1.56. The number of hydrogen-bond donors (Lipinski definition) is 2. The summed E-state index contributed by atoms with van der Waals surface area (Å²) < 4.78 is 5.64. The van der Waals surface area contributed by atoms with Crippen molar-refractivity contribution >= 4 is 28.8 Å². The summed E-state index contributed by atoms with van der Waals surface area (Å²) in [5.41, 5.74) is 3.06. The Balaban J connectivity index is 2.10. The fraction of sp³-hybridized carbons (Fsp3) is 0.154. The molecule has 1 amide bonds. The van der Waals surface area contributed by atoms with E-state index in [1.165, 1.54) is 11.3 Å². The second kappa shape index (κ2) is 6.06. The maximum atomic E-state index is 11.4. The molecule has 0 saturated carbocycles. The zero-order valence-corrected chi connectivity index (χ0v) is 11.8. The molecule has 100 valence electrons. The van der Waals surface area contributed by atoms with Gasteiger partial charge >= 0.3 is 0 Å². The molecule has 4 nitrogen and oxygen atoms in total. The lowest BCUT2D eigenvalue weighted by molar-refractivity contribution is 0.0957. The van der Waals surface area contributed by atoms with E-state index in [-0.39, 0.29) is 5.91 Å². The largest absolute Gasteiger partial charge is 0.487 e. The van der Waals surface area contributed by atoms with Crippen molar-refractivity contribution in [2.45, 2.75) is 13.5 Å². The number of aryl methyl sites for hydroxylation is 1. The van der Waals surface area contributed by atoms with Crippen LogP contribution in [0.3, 0.4) is 0 Å². The number of carbonyl (C=O) groups excluding carboxylic acids is 1. The van der Waals surface area contributed by atoms with Crippen molar-refractivity contribution in [3.63, 3.8) is 0 Å². The molecule has 6 heteroatoms. The molecule has 2 aromatic rings. The molecule has 19 heavy (non-hydrogen) atoms. The van der Waals surface area contributed by atoms with E-state index >= 15 is 0 Å². The number of hydrazine groups is 1. The molecule has 0 fully saturated rings. The van der Waals surface area contributed by atoms with Gasteiger partial charge in [0.05, 0.1) is 9.90 Å². The van der Waals surface area contributed by atoms with E-state index in [0.29, 0.717) is 22.3 Å². The van der Waals surface area contributed by atoms with Crippen LogP contribution in [0.4, 0.5) is 0 Å². The number of halogens is 1. The third-order valence-electron chi connectivity index (χ3n) is 2.60. The number of nitrogens with two attached hydrogens (primary N) is 1. The summed E-state index contributed by atoms with van der Waals surface area (Å²) >= 11 is 7.39.